The number of nitrogens with one attached hydrogen (secondary N) is 2. The summed E-state index contributed by atoms with van der Waals surface area (Å²) in [5, 5.41) is 7.31. The van der Waals surface area contributed by atoms with Crippen molar-refractivity contribution in [1.29, 1.82) is 0 Å². The van der Waals surface area contributed by atoms with Crippen molar-refractivity contribution in [3.8, 4) is 5.75 Å². The molecule has 2 aliphatic rings. The van der Waals surface area contributed by atoms with Gasteiger partial charge in [0.2, 0.25) is 0 Å². The van der Waals surface area contributed by atoms with Crippen molar-refractivity contribution in [2.75, 3.05) is 29.9 Å². The molecule has 1 fully saturated rings. The second kappa shape index (κ2) is 12.6. The van der Waals surface area contributed by atoms with E-state index in [4.69, 9.17) is 16.3 Å². The number of hydrogen-bond donors (Lipinski definition) is 2. The van der Waals surface area contributed by atoms with Gasteiger partial charge in [-0.05, 0) is 67.4 Å². The topological polar surface area (TPSA) is 82.6 Å². The molecule has 0 radical (unpaired) electrons. The Morgan fingerprint density at radius 2 is 1.84 bits per heavy atom. The summed E-state index contributed by atoms with van der Waals surface area (Å²) in [6, 6.07) is 20.2. The number of aromatic nitrogens is 2. The van der Waals surface area contributed by atoms with Gasteiger partial charge in [-0.1, -0.05) is 35.9 Å². The van der Waals surface area contributed by atoms with Crippen molar-refractivity contribution >= 4 is 34.7 Å². The molecule has 0 saturated carbocycles. The number of carbonyl (C=O) groups is 1. The van der Waals surface area contributed by atoms with Crippen LogP contribution in [0.15, 0.2) is 73.1 Å². The van der Waals surface area contributed by atoms with E-state index in [-0.39, 0.29) is 30.4 Å². The Morgan fingerprint density at radius 1 is 1.05 bits per heavy atom. The molecule has 2 atom stereocenters. The number of piperazine rings is 1. The standard InChI is InChI=1S/C33H34ClFN6O2/c1-21-16-41(17-22(2)38-21)33(42)25-8-6-23(7-9-25)18-40-13-12-29-31(40)32(37-20-36-29)39-27-10-11-30(28(34)15-27)43-19-24-4-3-5-26(35)14-24/h3-11,14-15,20-22,38H,12-13,16-19H2,1-2H3,(H,36,37,39). The molecular formula is C33H34ClFN6O2. The first-order valence-electron chi connectivity index (χ1n) is 14.5. The molecule has 4 aromatic rings. The van der Waals surface area contributed by atoms with Gasteiger partial charge >= 0.3 is 0 Å². The number of nitrogens with zero attached hydrogens (tertiary/aromatic N) is 4. The predicted molar refractivity (Wildman–Crippen MR) is 167 cm³/mol. The van der Waals surface area contributed by atoms with E-state index in [1.165, 1.54) is 12.1 Å². The van der Waals surface area contributed by atoms with E-state index in [9.17, 15) is 9.18 Å². The van der Waals surface area contributed by atoms with Crippen molar-refractivity contribution in [3.63, 3.8) is 0 Å². The highest BCUT2D eigenvalue weighted by Gasteiger charge is 2.27. The van der Waals surface area contributed by atoms with Crippen LogP contribution >= 0.6 is 11.6 Å². The smallest absolute Gasteiger partial charge is 0.253 e. The van der Waals surface area contributed by atoms with Crippen LogP contribution in [0.1, 0.15) is 41.0 Å². The summed E-state index contributed by atoms with van der Waals surface area (Å²) >= 11 is 6.53. The van der Waals surface area contributed by atoms with Crippen molar-refractivity contribution < 1.29 is 13.9 Å². The van der Waals surface area contributed by atoms with E-state index in [1.54, 1.807) is 30.6 Å². The van der Waals surface area contributed by atoms with Crippen LogP contribution in [0, 0.1) is 5.82 Å². The molecule has 3 heterocycles. The average Bonchev–Trinajstić information content (AvgIpc) is 3.40. The van der Waals surface area contributed by atoms with Gasteiger partial charge in [-0.3, -0.25) is 4.79 Å². The molecule has 43 heavy (non-hydrogen) atoms. The van der Waals surface area contributed by atoms with Gasteiger partial charge in [-0.25, -0.2) is 14.4 Å². The van der Waals surface area contributed by atoms with Gasteiger partial charge in [-0.2, -0.15) is 0 Å². The monoisotopic (exact) mass is 600 g/mol. The van der Waals surface area contributed by atoms with Crippen molar-refractivity contribution in [1.82, 2.24) is 20.2 Å². The number of benzene rings is 3. The Labute approximate surface area is 255 Å². The molecule has 1 aromatic heterocycles. The molecule has 222 valence electrons. The van der Waals surface area contributed by atoms with Crippen LogP contribution < -0.4 is 20.3 Å². The first-order chi connectivity index (χ1) is 20.8. The molecule has 0 bridgehead atoms. The molecule has 0 aliphatic carbocycles. The normalized spacial score (nSPS) is 18.0. The molecule has 2 aliphatic heterocycles. The van der Waals surface area contributed by atoms with Gasteiger partial charge in [0.25, 0.3) is 5.91 Å². The lowest BCUT2D eigenvalue weighted by atomic mass is 10.1. The van der Waals surface area contributed by atoms with Gasteiger partial charge < -0.3 is 25.2 Å². The molecule has 1 saturated heterocycles. The zero-order chi connectivity index (χ0) is 29.9. The lowest BCUT2D eigenvalue weighted by Gasteiger charge is -2.36. The summed E-state index contributed by atoms with van der Waals surface area (Å²) in [4.78, 5) is 26.4. The maximum atomic E-state index is 13.5. The van der Waals surface area contributed by atoms with Crippen LogP contribution in [0.5, 0.6) is 5.75 Å². The number of halogens is 2. The fourth-order valence-electron chi connectivity index (χ4n) is 5.80. The van der Waals surface area contributed by atoms with Crippen molar-refractivity contribution in [2.24, 2.45) is 0 Å². The van der Waals surface area contributed by atoms with Crippen LogP contribution in [0.3, 0.4) is 0 Å². The zero-order valence-electron chi connectivity index (χ0n) is 24.2. The van der Waals surface area contributed by atoms with Gasteiger partial charge in [0, 0.05) is 55.9 Å². The Hall–Kier alpha value is -4.21. The second-order valence-corrected chi connectivity index (χ2v) is 11.7. The third-order valence-corrected chi connectivity index (χ3v) is 8.03. The summed E-state index contributed by atoms with van der Waals surface area (Å²) in [5.41, 5.74) is 5.22. The number of carbonyl (C=O) groups excluding carboxylic acids is 1. The Morgan fingerprint density at radius 3 is 2.58 bits per heavy atom. The summed E-state index contributed by atoms with van der Waals surface area (Å²) in [5.74, 6) is 0.970. The predicted octanol–water partition coefficient (Wildman–Crippen LogP) is 5.98. The van der Waals surface area contributed by atoms with E-state index in [2.05, 4.69) is 39.3 Å². The fraction of sp³-hybridized carbons (Fsp3) is 0.303. The minimum Gasteiger partial charge on any atom is -0.487 e. The Kier molecular flexibility index (Phi) is 8.44. The van der Waals surface area contributed by atoms with Crippen LogP contribution in [0.2, 0.25) is 5.02 Å². The second-order valence-electron chi connectivity index (χ2n) is 11.3. The third kappa shape index (κ3) is 6.73. The molecule has 0 spiro atoms. The SMILES string of the molecule is CC1CN(C(=O)c2ccc(CN3CCc4ncnc(Nc5ccc(OCc6cccc(F)c6)c(Cl)c5)c43)cc2)CC(C)N1. The van der Waals surface area contributed by atoms with Gasteiger partial charge in [-0.15, -0.1) is 0 Å². The van der Waals surface area contributed by atoms with Gasteiger partial charge in [0.15, 0.2) is 5.82 Å². The summed E-state index contributed by atoms with van der Waals surface area (Å²) < 4.78 is 19.3. The largest absolute Gasteiger partial charge is 0.487 e. The molecule has 3 aromatic carbocycles. The summed E-state index contributed by atoms with van der Waals surface area (Å²) in [6.07, 6.45) is 2.39. The van der Waals surface area contributed by atoms with E-state index >= 15 is 0 Å². The summed E-state index contributed by atoms with van der Waals surface area (Å²) in [6.45, 7) is 7.32. The third-order valence-electron chi connectivity index (χ3n) is 7.73. The number of fused-ring (bicyclic) bond motifs is 1. The highest BCUT2D eigenvalue weighted by molar-refractivity contribution is 6.32. The first-order valence-corrected chi connectivity index (χ1v) is 14.9. The minimum absolute atomic E-state index is 0.0715. The maximum Gasteiger partial charge on any atom is 0.253 e. The van der Waals surface area contributed by atoms with E-state index in [0.29, 0.717) is 41.8 Å². The molecule has 10 heteroatoms. The highest BCUT2D eigenvalue weighted by Crippen LogP contribution is 2.36. The molecular weight excluding hydrogens is 567 g/mol. The zero-order valence-corrected chi connectivity index (χ0v) is 24.9. The van der Waals surface area contributed by atoms with Crippen LogP contribution in [0.4, 0.5) is 21.6 Å². The highest BCUT2D eigenvalue weighted by atomic mass is 35.5. The van der Waals surface area contributed by atoms with E-state index < -0.39 is 0 Å². The lowest BCUT2D eigenvalue weighted by molar-refractivity contribution is 0.0674. The average molecular weight is 601 g/mol. The molecule has 8 nitrogen and oxygen atoms in total. The van der Waals surface area contributed by atoms with Crippen LogP contribution in [0.25, 0.3) is 0 Å². The maximum absolute atomic E-state index is 13.5. The lowest BCUT2D eigenvalue weighted by Crippen LogP contribution is -2.55. The number of hydrogen-bond acceptors (Lipinski definition) is 7. The molecule has 1 amide bonds. The van der Waals surface area contributed by atoms with Crippen molar-refractivity contribution in [2.45, 2.75) is 45.5 Å². The fourth-order valence-corrected chi connectivity index (χ4v) is 6.04. The Balaban J connectivity index is 1.12. The van der Waals surface area contributed by atoms with Gasteiger partial charge in [0.05, 0.1) is 10.7 Å². The molecule has 2 N–H and O–H groups in total. The summed E-state index contributed by atoms with van der Waals surface area (Å²) in [7, 11) is 0. The minimum atomic E-state index is -0.305. The quantitative estimate of drug-likeness (QED) is 0.258. The molecule has 6 rings (SSSR count). The van der Waals surface area contributed by atoms with E-state index in [0.717, 1.165) is 41.2 Å². The van der Waals surface area contributed by atoms with Crippen LogP contribution in [-0.2, 0) is 19.6 Å². The van der Waals surface area contributed by atoms with Gasteiger partial charge in [0.1, 0.15) is 30.2 Å². The molecule has 2 unspecified atom stereocenters. The first kappa shape index (κ1) is 28.9. The number of ether oxygens (including phenoxy) is 1. The number of rotatable bonds is 8. The number of amides is 1. The van der Waals surface area contributed by atoms with Crippen LogP contribution in [-0.4, -0.2) is 52.5 Å². The van der Waals surface area contributed by atoms with Crippen molar-refractivity contribution in [3.05, 3.63) is 106 Å². The van der Waals surface area contributed by atoms with E-state index in [1.807, 2.05) is 35.2 Å². The Bertz CT molecular complexity index is 1610. The number of anilines is 3.